The Kier molecular flexibility index (Phi) is 246. The van der Waals surface area contributed by atoms with Crippen LogP contribution >= 0.6 is 29.5 Å². The van der Waals surface area contributed by atoms with Crippen molar-refractivity contribution >= 4 is 29.5 Å². The second-order valence-electron chi connectivity index (χ2n) is 0. The monoisotopic (exact) mass is 220 g/mol. The van der Waals surface area contributed by atoms with Crippen LogP contribution in [0.2, 0.25) is 0 Å². The Morgan fingerprint density at radius 2 is 1.00 bits per heavy atom. The van der Waals surface area contributed by atoms with Crippen LogP contribution in [0, 0.1) is 7.43 Å². The van der Waals surface area contributed by atoms with Gasteiger partial charge in [0.05, 0.1) is 0 Å². The molecule has 2 atom stereocenters. The van der Waals surface area contributed by atoms with Crippen LogP contribution in [0.3, 0.4) is 0 Å². The quantitative estimate of drug-likeness (QED) is 0.327. The molecule has 0 rings (SSSR count). The van der Waals surface area contributed by atoms with E-state index in [1.807, 2.05) is 17.3 Å². The van der Waals surface area contributed by atoms with Gasteiger partial charge in [-0.15, -0.1) is 0 Å². The first-order valence-electron chi connectivity index (χ1n) is 0.134. The molecule has 0 heterocycles. The average Bonchev–Trinajstić information content (AvgIpc) is 1.00. The van der Waals surface area contributed by atoms with Crippen LogP contribution in [0.1, 0.15) is 0 Å². The van der Waals surface area contributed by atoms with E-state index in [-0.39, 0.29) is 27.2 Å². The minimum absolute atomic E-state index is 0. The zero-order valence-corrected chi connectivity index (χ0v) is 8.47. The summed E-state index contributed by atoms with van der Waals surface area (Å²) in [4.78, 5) is 0. The zero-order chi connectivity index (χ0) is 2.00. The molecule has 0 radical (unpaired) electrons. The Labute approximate surface area is 54.4 Å². The molecule has 0 saturated carbocycles. The summed E-state index contributed by atoms with van der Waals surface area (Å²) in [6, 6.07) is 0. The van der Waals surface area contributed by atoms with Crippen molar-refractivity contribution in [2.24, 2.45) is 0 Å². The van der Waals surface area contributed by atoms with Gasteiger partial charge in [-0.2, -0.15) is 19.8 Å². The number of hydrogen-bond donors (Lipinski definition) is 0. The van der Waals surface area contributed by atoms with E-state index in [1.54, 1.807) is 0 Å². The Morgan fingerprint density at radius 3 is 1.00 bits per heavy atom. The molecular formula is CH9ClP2Ru. The molecule has 0 N–H and O–H groups in total. The summed E-state index contributed by atoms with van der Waals surface area (Å²) in [7, 11) is 4.57. The maximum atomic E-state index is 4.57. The molecule has 0 aliphatic rings. The Balaban J connectivity index is -0.00000000167. The van der Waals surface area contributed by atoms with Gasteiger partial charge in [0.25, 0.3) is 0 Å². The van der Waals surface area contributed by atoms with Gasteiger partial charge < -0.3 is 7.43 Å². The molecule has 2 unspecified atom stereocenters. The van der Waals surface area contributed by atoms with Gasteiger partial charge in [-0.25, -0.2) is 0 Å². The molecule has 0 saturated heterocycles. The average molecular weight is 220 g/mol. The van der Waals surface area contributed by atoms with Crippen molar-refractivity contribution in [2.75, 3.05) is 0 Å². The van der Waals surface area contributed by atoms with E-state index in [9.17, 15) is 0 Å². The number of halogens is 1. The molecule has 0 bridgehead atoms. The summed E-state index contributed by atoms with van der Waals surface area (Å²) in [5, 5.41) is 0. The van der Waals surface area contributed by atoms with Crippen LogP contribution in [0.5, 0.6) is 0 Å². The summed E-state index contributed by atoms with van der Waals surface area (Å²) in [6.45, 7) is 0. The summed E-state index contributed by atoms with van der Waals surface area (Å²) in [5.41, 5.74) is 0. The first-order chi connectivity index (χ1) is 1.00. The Morgan fingerprint density at radius 1 is 1.00 bits per heavy atom. The third-order valence-corrected chi connectivity index (χ3v) is 0. The van der Waals surface area contributed by atoms with Gasteiger partial charge in [0.2, 0.25) is 0 Å². The molecule has 0 spiro atoms. The van der Waals surface area contributed by atoms with Crippen LogP contribution in [0.25, 0.3) is 0 Å². The molecule has 4 heteroatoms. The maximum absolute atomic E-state index is 4.57. The predicted molar refractivity (Wildman–Crippen MR) is 34.5 cm³/mol. The molecule has 0 fully saturated rings. The normalized spacial score (nSPS) is 1.20. The van der Waals surface area contributed by atoms with Gasteiger partial charge in [0, 0.05) is 0 Å². The van der Waals surface area contributed by atoms with E-state index in [2.05, 4.69) is 9.69 Å². The van der Waals surface area contributed by atoms with Crippen LogP contribution < -0.4 is 0 Å². The van der Waals surface area contributed by atoms with E-state index < -0.39 is 0 Å². The van der Waals surface area contributed by atoms with E-state index in [0.29, 0.717) is 0 Å². The fraction of sp³-hybridized carbons (Fsp3) is 0. The second kappa shape index (κ2) is 41.8. The molecule has 38 valence electrons. The standard InChI is InChI=1S/CH3.ClH.2H3P.Ru/h1H3;1H;2*1H3;/q-1;;;;+2/p-1. The van der Waals surface area contributed by atoms with Crippen LogP contribution in [0.4, 0.5) is 0 Å². The molecule has 0 aliphatic heterocycles. The number of hydrogen-bond acceptors (Lipinski definition) is 0. The topological polar surface area (TPSA) is 0 Å². The summed E-state index contributed by atoms with van der Waals surface area (Å²) in [6.07, 6.45) is 0. The Bertz CT molecular complexity index is 9.61. The summed E-state index contributed by atoms with van der Waals surface area (Å²) >= 11 is 1.82. The first-order valence-corrected chi connectivity index (χ1v) is 2.37. The van der Waals surface area contributed by atoms with E-state index in [4.69, 9.17) is 0 Å². The minimum atomic E-state index is 0. The van der Waals surface area contributed by atoms with Gasteiger partial charge in [-0.3, -0.25) is 0 Å². The van der Waals surface area contributed by atoms with Gasteiger partial charge in [-0.1, -0.05) is 0 Å². The zero-order valence-electron chi connectivity index (χ0n) is 3.15. The van der Waals surface area contributed by atoms with Crippen molar-refractivity contribution in [3.8, 4) is 0 Å². The van der Waals surface area contributed by atoms with Crippen LogP contribution in [-0.2, 0) is 17.3 Å². The van der Waals surface area contributed by atoms with Crippen molar-refractivity contribution in [1.82, 2.24) is 0 Å². The van der Waals surface area contributed by atoms with Crippen molar-refractivity contribution < 1.29 is 17.3 Å². The molecular weight excluding hydrogens is 210 g/mol. The molecule has 5 heavy (non-hydrogen) atoms. The van der Waals surface area contributed by atoms with Gasteiger partial charge in [0.1, 0.15) is 0 Å². The molecule has 0 aromatic heterocycles. The summed E-state index contributed by atoms with van der Waals surface area (Å²) < 4.78 is 0. The molecule has 0 aromatic carbocycles. The fourth-order valence-electron chi connectivity index (χ4n) is 0. The summed E-state index contributed by atoms with van der Waals surface area (Å²) in [5.74, 6) is 0. The third-order valence-electron chi connectivity index (χ3n) is 0. The fourth-order valence-corrected chi connectivity index (χ4v) is 0. The van der Waals surface area contributed by atoms with Crippen molar-refractivity contribution in [3.63, 3.8) is 0 Å². The third kappa shape index (κ3) is 26.1. The molecule has 0 aromatic rings. The molecule has 0 aliphatic carbocycles. The van der Waals surface area contributed by atoms with Crippen molar-refractivity contribution in [2.45, 2.75) is 0 Å². The van der Waals surface area contributed by atoms with Gasteiger partial charge >= 0.3 is 27.0 Å². The first kappa shape index (κ1) is 29.4. The van der Waals surface area contributed by atoms with E-state index in [0.717, 1.165) is 0 Å². The second-order valence-corrected chi connectivity index (χ2v) is 0. The van der Waals surface area contributed by atoms with Crippen LogP contribution in [-0.4, -0.2) is 0 Å². The van der Waals surface area contributed by atoms with E-state index >= 15 is 0 Å². The van der Waals surface area contributed by atoms with Crippen LogP contribution in [0.15, 0.2) is 0 Å². The number of rotatable bonds is 0. The van der Waals surface area contributed by atoms with Gasteiger partial charge in [0.15, 0.2) is 0 Å². The molecule has 0 amide bonds. The van der Waals surface area contributed by atoms with E-state index in [1.165, 1.54) is 0 Å². The molecule has 0 nitrogen and oxygen atoms in total. The Hall–Kier alpha value is 1.77. The van der Waals surface area contributed by atoms with Gasteiger partial charge in [-0.05, 0) is 0 Å². The SMILES string of the molecule is P.P.[CH3-].[Cl][Ru+]. The van der Waals surface area contributed by atoms with Crippen molar-refractivity contribution in [1.29, 1.82) is 0 Å². The predicted octanol–water partition coefficient (Wildman–Crippen LogP) is 1.25. The van der Waals surface area contributed by atoms with Crippen molar-refractivity contribution in [3.05, 3.63) is 7.43 Å².